The van der Waals surface area contributed by atoms with Gasteiger partial charge >= 0.3 is 8.56 Å². The highest BCUT2D eigenvalue weighted by molar-refractivity contribution is 6.91. The van der Waals surface area contributed by atoms with Crippen LogP contribution in [0.15, 0.2) is 48.5 Å². The molecule has 0 unspecified atom stereocenters. The van der Waals surface area contributed by atoms with Crippen LogP contribution in [0.4, 0.5) is 0 Å². The minimum absolute atomic E-state index is 0.652. The highest BCUT2D eigenvalue weighted by Gasteiger charge is 2.39. The van der Waals surface area contributed by atoms with Gasteiger partial charge in [0.2, 0.25) is 8.32 Å². The molecule has 1 fully saturated rings. The molecule has 4 bridgehead atoms. The molecule has 126 valence electrons. The second-order valence-electron chi connectivity index (χ2n) is 8.10. The third kappa shape index (κ3) is 2.87. The maximum Gasteiger partial charge on any atom is 0.382 e. The van der Waals surface area contributed by atoms with Gasteiger partial charge in [-0.1, -0.05) is 36.4 Å². The van der Waals surface area contributed by atoms with Crippen LogP contribution in [0.3, 0.4) is 0 Å². The largest absolute Gasteiger partial charge is 0.521 e. The van der Waals surface area contributed by atoms with Gasteiger partial charge in [-0.05, 0) is 79.3 Å². The Balaban J connectivity index is 1.80. The molecule has 4 aliphatic heterocycles. The number of hydrogen-bond acceptors (Lipinski definition) is 2. The average Bonchev–Trinajstić information content (AvgIpc) is 2.46. The summed E-state index contributed by atoms with van der Waals surface area (Å²) in [4.78, 5) is 0. The van der Waals surface area contributed by atoms with Crippen molar-refractivity contribution in [1.82, 2.24) is 0 Å². The standard InChI is InChI=1S/C20H26O2Si2/c1-23(2)18-11-7-16(8-12-18)20-14-13-19(20)15-5-9-17(10-6-15)21-24(3,4)22-23/h5-12,19-20H,13-14H2,1-4H3/t19-,20+/m1/s1. The first-order valence-electron chi connectivity index (χ1n) is 8.94. The van der Waals surface area contributed by atoms with E-state index in [9.17, 15) is 0 Å². The van der Waals surface area contributed by atoms with Gasteiger partial charge < -0.3 is 8.54 Å². The Morgan fingerprint density at radius 1 is 0.750 bits per heavy atom. The van der Waals surface area contributed by atoms with Crippen molar-refractivity contribution in [1.29, 1.82) is 0 Å². The molecule has 1 saturated carbocycles. The van der Waals surface area contributed by atoms with E-state index in [0.29, 0.717) is 11.8 Å². The van der Waals surface area contributed by atoms with Crippen molar-refractivity contribution in [3.05, 3.63) is 59.7 Å². The quantitative estimate of drug-likeness (QED) is 0.628. The molecule has 5 aliphatic rings. The highest BCUT2D eigenvalue weighted by Crippen LogP contribution is 2.49. The van der Waals surface area contributed by atoms with Crippen molar-refractivity contribution in [2.75, 3.05) is 0 Å². The molecule has 0 aromatic heterocycles. The first-order chi connectivity index (χ1) is 11.3. The predicted molar refractivity (Wildman–Crippen MR) is 104 cm³/mol. The first kappa shape index (κ1) is 16.1. The number of hydrogen-bond donors (Lipinski definition) is 0. The zero-order valence-corrected chi connectivity index (χ0v) is 17.0. The lowest BCUT2D eigenvalue weighted by Gasteiger charge is -2.39. The van der Waals surface area contributed by atoms with Crippen LogP contribution in [0.25, 0.3) is 0 Å². The molecule has 0 spiro atoms. The topological polar surface area (TPSA) is 18.5 Å². The van der Waals surface area contributed by atoms with Crippen molar-refractivity contribution in [2.24, 2.45) is 0 Å². The summed E-state index contributed by atoms with van der Waals surface area (Å²) in [6.45, 7) is 8.86. The molecule has 4 heterocycles. The molecular formula is C20H26O2Si2. The minimum Gasteiger partial charge on any atom is -0.521 e. The fourth-order valence-corrected chi connectivity index (χ4v) is 11.4. The number of benzene rings is 2. The van der Waals surface area contributed by atoms with Gasteiger partial charge in [0.1, 0.15) is 5.75 Å². The van der Waals surface area contributed by atoms with E-state index in [1.54, 1.807) is 0 Å². The zero-order chi connectivity index (χ0) is 16.9. The first-order valence-corrected chi connectivity index (χ1v) is 14.7. The van der Waals surface area contributed by atoms with Crippen molar-refractivity contribution in [3.63, 3.8) is 0 Å². The summed E-state index contributed by atoms with van der Waals surface area (Å²) in [5, 5.41) is 1.36. The average molecular weight is 355 g/mol. The minimum atomic E-state index is -2.23. The van der Waals surface area contributed by atoms with Crippen molar-refractivity contribution >= 4 is 22.1 Å². The molecule has 2 nitrogen and oxygen atoms in total. The van der Waals surface area contributed by atoms with E-state index < -0.39 is 16.9 Å². The Labute approximate surface area is 147 Å². The maximum atomic E-state index is 6.62. The molecule has 2 aromatic carbocycles. The second-order valence-corrected chi connectivity index (χ2v) is 15.5. The fraction of sp³-hybridized carbons (Fsp3) is 0.400. The van der Waals surface area contributed by atoms with E-state index in [4.69, 9.17) is 8.54 Å². The van der Waals surface area contributed by atoms with Crippen LogP contribution in [-0.2, 0) is 4.12 Å². The summed E-state index contributed by atoms with van der Waals surface area (Å²) < 4.78 is 12.9. The van der Waals surface area contributed by atoms with Gasteiger partial charge in [-0.3, -0.25) is 0 Å². The molecule has 0 radical (unpaired) electrons. The number of rotatable bonds is 0. The zero-order valence-electron chi connectivity index (χ0n) is 15.0. The predicted octanol–water partition coefficient (Wildman–Crippen LogP) is 4.87. The Morgan fingerprint density at radius 2 is 1.25 bits per heavy atom. The molecule has 24 heavy (non-hydrogen) atoms. The van der Waals surface area contributed by atoms with Crippen LogP contribution >= 0.6 is 0 Å². The summed E-state index contributed by atoms with van der Waals surface area (Å²) in [6.07, 6.45) is 2.58. The van der Waals surface area contributed by atoms with Crippen LogP contribution < -0.4 is 9.61 Å². The van der Waals surface area contributed by atoms with E-state index in [1.807, 2.05) is 0 Å². The SMILES string of the molecule is C[Si]1(C)Oc2ccc(cc2)[C@H]2CC[C@H]2c2ccc(cc2)[Si](C)(C)O1. The summed E-state index contributed by atoms with van der Waals surface area (Å²) >= 11 is 0. The van der Waals surface area contributed by atoms with Gasteiger partial charge in [0.25, 0.3) is 0 Å². The molecule has 4 heteroatoms. The maximum absolute atomic E-state index is 6.62. The molecule has 7 rings (SSSR count). The van der Waals surface area contributed by atoms with E-state index in [0.717, 1.165) is 5.75 Å². The summed E-state index contributed by atoms with van der Waals surface area (Å²) in [6, 6.07) is 18.0. The van der Waals surface area contributed by atoms with Crippen molar-refractivity contribution < 1.29 is 8.54 Å². The third-order valence-electron chi connectivity index (χ3n) is 5.48. The van der Waals surface area contributed by atoms with Crippen LogP contribution in [0.1, 0.15) is 35.8 Å². The smallest absolute Gasteiger partial charge is 0.382 e. The lowest BCUT2D eigenvalue weighted by molar-refractivity contribution is 0.346. The van der Waals surface area contributed by atoms with Crippen molar-refractivity contribution in [3.8, 4) is 5.75 Å². The molecule has 0 saturated heterocycles. The summed E-state index contributed by atoms with van der Waals surface area (Å²) in [7, 11) is -4.20. The Bertz CT molecular complexity index is 735. The third-order valence-corrected chi connectivity index (χ3v) is 11.9. The summed E-state index contributed by atoms with van der Waals surface area (Å²) in [5.41, 5.74) is 2.92. The lowest BCUT2D eigenvalue weighted by atomic mass is 9.67. The monoisotopic (exact) mass is 354 g/mol. The van der Waals surface area contributed by atoms with Crippen LogP contribution in [0, 0.1) is 0 Å². The van der Waals surface area contributed by atoms with Crippen LogP contribution in [-0.4, -0.2) is 16.9 Å². The molecule has 2 aromatic rings. The molecule has 1 aliphatic carbocycles. The van der Waals surface area contributed by atoms with Gasteiger partial charge in [-0.25, -0.2) is 0 Å². The van der Waals surface area contributed by atoms with Gasteiger partial charge in [-0.2, -0.15) is 0 Å². The van der Waals surface area contributed by atoms with Gasteiger partial charge in [0.05, 0.1) is 0 Å². The van der Waals surface area contributed by atoms with E-state index in [-0.39, 0.29) is 0 Å². The normalized spacial score (nSPS) is 26.8. The fourth-order valence-electron chi connectivity index (χ4n) is 4.19. The molecule has 2 atom stereocenters. The molecule has 0 amide bonds. The van der Waals surface area contributed by atoms with Crippen LogP contribution in [0.2, 0.25) is 26.2 Å². The molecule has 0 N–H and O–H groups in total. The van der Waals surface area contributed by atoms with E-state index in [2.05, 4.69) is 74.7 Å². The van der Waals surface area contributed by atoms with E-state index >= 15 is 0 Å². The van der Waals surface area contributed by atoms with Crippen LogP contribution in [0.5, 0.6) is 5.75 Å². The second kappa shape index (κ2) is 5.58. The van der Waals surface area contributed by atoms with Gasteiger partial charge in [0, 0.05) is 0 Å². The Kier molecular flexibility index (Phi) is 3.75. The summed E-state index contributed by atoms with van der Waals surface area (Å²) in [5.74, 6) is 2.26. The van der Waals surface area contributed by atoms with Gasteiger partial charge in [0.15, 0.2) is 0 Å². The Morgan fingerprint density at radius 3 is 1.75 bits per heavy atom. The highest BCUT2D eigenvalue weighted by atomic mass is 28.4. The molecular weight excluding hydrogens is 328 g/mol. The Hall–Kier alpha value is -1.37. The van der Waals surface area contributed by atoms with E-state index in [1.165, 1.54) is 29.2 Å². The lowest BCUT2D eigenvalue weighted by Crippen LogP contribution is -2.55. The van der Waals surface area contributed by atoms with Crippen molar-refractivity contribution in [2.45, 2.75) is 50.9 Å². The van der Waals surface area contributed by atoms with Gasteiger partial charge in [-0.15, -0.1) is 0 Å².